The molecule has 5 nitrogen and oxygen atoms in total. The van der Waals surface area contributed by atoms with Gasteiger partial charge in [0.2, 0.25) is 0 Å². The van der Waals surface area contributed by atoms with Gasteiger partial charge in [-0.3, -0.25) is 4.79 Å². The monoisotopic (exact) mass is 369 g/mol. The van der Waals surface area contributed by atoms with Gasteiger partial charge in [0.1, 0.15) is 0 Å². The molecule has 4 aromatic rings. The average molecular weight is 369 g/mol. The predicted octanol–water partition coefficient (Wildman–Crippen LogP) is 4.40. The molecule has 138 valence electrons. The first-order valence-electron chi connectivity index (χ1n) is 8.93. The number of hydrogen-bond acceptors (Lipinski definition) is 3. The second-order valence-corrected chi connectivity index (χ2v) is 6.35. The Morgan fingerprint density at radius 2 is 1.57 bits per heavy atom. The number of fused-ring (bicyclic) bond motifs is 1. The molecular weight excluding hydrogens is 350 g/mol. The molecule has 0 saturated carbocycles. The Bertz CT molecular complexity index is 1160. The van der Waals surface area contributed by atoms with Gasteiger partial charge in [-0.2, -0.15) is 0 Å². The Labute approximate surface area is 162 Å². The second kappa shape index (κ2) is 7.40. The summed E-state index contributed by atoms with van der Waals surface area (Å²) in [7, 11) is 1.60. The number of carbonyl (C=O) groups is 1. The summed E-state index contributed by atoms with van der Waals surface area (Å²) in [6, 6.07) is 24.5. The van der Waals surface area contributed by atoms with Crippen molar-refractivity contribution in [1.29, 1.82) is 0 Å². The zero-order valence-electron chi connectivity index (χ0n) is 15.3. The Morgan fingerprint density at radius 1 is 0.893 bits per heavy atom. The second-order valence-electron chi connectivity index (χ2n) is 6.35. The van der Waals surface area contributed by atoms with E-state index in [1.54, 1.807) is 31.3 Å². The molecule has 28 heavy (non-hydrogen) atoms. The van der Waals surface area contributed by atoms with Crippen molar-refractivity contribution in [3.05, 3.63) is 95.6 Å². The van der Waals surface area contributed by atoms with Crippen molar-refractivity contribution < 1.29 is 9.90 Å². The van der Waals surface area contributed by atoms with Gasteiger partial charge in [-0.25, -0.2) is 4.99 Å². The van der Waals surface area contributed by atoms with Crippen LogP contribution < -0.4 is 5.32 Å². The number of para-hydroxylation sites is 1. The Morgan fingerprint density at radius 3 is 2.29 bits per heavy atom. The molecule has 0 aliphatic heterocycles. The molecule has 0 fully saturated rings. The molecule has 0 unspecified atom stereocenters. The number of nitrogens with one attached hydrogen (secondary N) is 2. The van der Waals surface area contributed by atoms with Gasteiger partial charge in [0.05, 0.1) is 17.0 Å². The number of aromatic amines is 1. The molecule has 4 rings (SSSR count). The van der Waals surface area contributed by atoms with Crippen molar-refractivity contribution in [1.82, 2.24) is 10.3 Å². The maximum atomic E-state index is 11.8. The molecule has 1 aromatic heterocycles. The molecule has 0 saturated heterocycles. The highest BCUT2D eigenvalue weighted by molar-refractivity contribution is 6.21. The van der Waals surface area contributed by atoms with Crippen LogP contribution in [0, 0.1) is 0 Å². The molecule has 0 aliphatic rings. The molecule has 3 aromatic carbocycles. The molecule has 0 radical (unpaired) electrons. The summed E-state index contributed by atoms with van der Waals surface area (Å²) in [4.78, 5) is 19.6. The van der Waals surface area contributed by atoms with E-state index in [0.29, 0.717) is 22.5 Å². The van der Waals surface area contributed by atoms with Gasteiger partial charge in [-0.15, -0.1) is 0 Å². The van der Waals surface area contributed by atoms with E-state index in [1.165, 1.54) is 0 Å². The van der Waals surface area contributed by atoms with E-state index in [0.717, 1.165) is 16.5 Å². The number of benzene rings is 3. The summed E-state index contributed by atoms with van der Waals surface area (Å²) in [5, 5.41) is 14.1. The van der Waals surface area contributed by atoms with Crippen LogP contribution in [0.25, 0.3) is 10.9 Å². The molecule has 5 heteroatoms. The fraction of sp³-hybridized carbons (Fsp3) is 0.0435. The van der Waals surface area contributed by atoms with Gasteiger partial charge in [0.25, 0.3) is 5.91 Å². The minimum atomic E-state index is -0.145. The number of H-pyrrole nitrogens is 1. The molecule has 0 aliphatic carbocycles. The summed E-state index contributed by atoms with van der Waals surface area (Å²) in [5.41, 5.74) is 4.29. The Balaban J connectivity index is 1.88. The molecule has 1 amide bonds. The molecule has 0 atom stereocenters. The highest BCUT2D eigenvalue weighted by atomic mass is 16.3. The third kappa shape index (κ3) is 3.25. The fourth-order valence-corrected chi connectivity index (χ4v) is 3.19. The van der Waals surface area contributed by atoms with E-state index in [4.69, 9.17) is 4.99 Å². The lowest BCUT2D eigenvalue weighted by atomic mass is 10.0. The Hall–Kier alpha value is -3.86. The summed E-state index contributed by atoms with van der Waals surface area (Å²) in [6.45, 7) is 0. The smallest absolute Gasteiger partial charge is 0.251 e. The van der Waals surface area contributed by atoms with Crippen LogP contribution in [0.4, 0.5) is 5.69 Å². The van der Waals surface area contributed by atoms with Gasteiger partial charge in [-0.05, 0) is 30.3 Å². The van der Waals surface area contributed by atoms with Gasteiger partial charge < -0.3 is 15.4 Å². The van der Waals surface area contributed by atoms with Crippen molar-refractivity contribution in [2.75, 3.05) is 7.05 Å². The minimum Gasteiger partial charge on any atom is -0.494 e. The van der Waals surface area contributed by atoms with Crippen LogP contribution in [0.3, 0.4) is 0 Å². The molecule has 1 heterocycles. The maximum Gasteiger partial charge on any atom is 0.251 e. The minimum absolute atomic E-state index is 0.0748. The van der Waals surface area contributed by atoms with Gasteiger partial charge >= 0.3 is 0 Å². The van der Waals surface area contributed by atoms with Crippen LogP contribution >= 0.6 is 0 Å². The molecule has 3 N–H and O–H groups in total. The molecular formula is C23H19N3O2. The number of amides is 1. The van der Waals surface area contributed by atoms with E-state index in [1.807, 2.05) is 54.6 Å². The van der Waals surface area contributed by atoms with Crippen molar-refractivity contribution in [3.8, 4) is 5.88 Å². The maximum absolute atomic E-state index is 11.8. The number of aliphatic imine (C=N–C) groups is 1. The SMILES string of the molecule is CNC(=O)c1ccc(N=C(c2ccccc2)c2c(O)[nH]c3ccccc23)cc1. The van der Waals surface area contributed by atoms with Crippen LogP contribution in [0.5, 0.6) is 5.88 Å². The van der Waals surface area contributed by atoms with Gasteiger partial charge in [0.15, 0.2) is 5.88 Å². The first-order valence-corrected chi connectivity index (χ1v) is 8.93. The standard InChI is InChI=1S/C23H19N3O2/c1-24-22(27)16-11-13-17(14-12-16)25-21(15-7-3-2-4-8-15)20-18-9-5-6-10-19(18)26-23(20)28/h2-14,26,28H,1H3,(H,24,27). The van der Waals surface area contributed by atoms with Gasteiger partial charge in [0, 0.05) is 29.1 Å². The van der Waals surface area contributed by atoms with Crippen LogP contribution in [0.1, 0.15) is 21.5 Å². The normalized spacial score (nSPS) is 11.5. The van der Waals surface area contributed by atoms with E-state index in [-0.39, 0.29) is 11.8 Å². The fourth-order valence-electron chi connectivity index (χ4n) is 3.19. The van der Waals surface area contributed by atoms with E-state index >= 15 is 0 Å². The van der Waals surface area contributed by atoms with Crippen LogP contribution in [0.15, 0.2) is 83.9 Å². The summed E-state index contributed by atoms with van der Waals surface area (Å²) < 4.78 is 0. The number of carbonyl (C=O) groups excluding carboxylic acids is 1. The van der Waals surface area contributed by atoms with E-state index < -0.39 is 0 Å². The summed E-state index contributed by atoms with van der Waals surface area (Å²) in [6.07, 6.45) is 0. The number of aromatic hydroxyl groups is 1. The largest absolute Gasteiger partial charge is 0.494 e. The predicted molar refractivity (Wildman–Crippen MR) is 112 cm³/mol. The van der Waals surface area contributed by atoms with E-state index in [2.05, 4.69) is 10.3 Å². The lowest BCUT2D eigenvalue weighted by Gasteiger charge is -2.08. The van der Waals surface area contributed by atoms with Crippen LogP contribution in [0.2, 0.25) is 0 Å². The van der Waals surface area contributed by atoms with E-state index in [9.17, 15) is 9.90 Å². The average Bonchev–Trinajstić information content (AvgIpc) is 3.08. The lowest BCUT2D eigenvalue weighted by molar-refractivity contribution is 0.0963. The lowest BCUT2D eigenvalue weighted by Crippen LogP contribution is -2.17. The topological polar surface area (TPSA) is 77.5 Å². The van der Waals surface area contributed by atoms with Gasteiger partial charge in [-0.1, -0.05) is 48.5 Å². The highest BCUT2D eigenvalue weighted by Crippen LogP contribution is 2.31. The van der Waals surface area contributed by atoms with Crippen LogP contribution in [-0.4, -0.2) is 28.8 Å². The van der Waals surface area contributed by atoms with Crippen molar-refractivity contribution in [2.45, 2.75) is 0 Å². The number of rotatable bonds is 4. The quantitative estimate of drug-likeness (QED) is 0.466. The van der Waals surface area contributed by atoms with Crippen molar-refractivity contribution in [3.63, 3.8) is 0 Å². The third-order valence-electron chi connectivity index (χ3n) is 4.57. The van der Waals surface area contributed by atoms with Crippen LogP contribution in [-0.2, 0) is 0 Å². The first kappa shape index (κ1) is 17.5. The third-order valence-corrected chi connectivity index (χ3v) is 4.57. The highest BCUT2D eigenvalue weighted by Gasteiger charge is 2.18. The number of hydrogen-bond donors (Lipinski definition) is 3. The molecule has 0 spiro atoms. The summed E-state index contributed by atoms with van der Waals surface area (Å²) >= 11 is 0. The van der Waals surface area contributed by atoms with Crippen molar-refractivity contribution >= 4 is 28.2 Å². The number of aromatic nitrogens is 1. The summed E-state index contributed by atoms with van der Waals surface area (Å²) in [5.74, 6) is -0.0705. The zero-order chi connectivity index (χ0) is 19.5. The molecule has 0 bridgehead atoms. The Kier molecular flexibility index (Phi) is 4.64. The number of nitrogens with zero attached hydrogens (tertiary/aromatic N) is 1. The van der Waals surface area contributed by atoms with Crippen molar-refractivity contribution in [2.24, 2.45) is 4.99 Å². The zero-order valence-corrected chi connectivity index (χ0v) is 15.3. The first-order chi connectivity index (χ1) is 13.7.